The highest BCUT2D eigenvalue weighted by molar-refractivity contribution is 6.24. The van der Waals surface area contributed by atoms with E-state index in [0.29, 0.717) is 22.6 Å². The Bertz CT molecular complexity index is 874. The van der Waals surface area contributed by atoms with Gasteiger partial charge in [-0.15, -0.1) is 0 Å². The molecule has 6 heteroatoms. The predicted octanol–water partition coefficient (Wildman–Crippen LogP) is 2.31. The first-order valence-corrected chi connectivity index (χ1v) is 7.83. The number of fused-ring (bicyclic) bond motifs is 1. The Kier molecular flexibility index (Phi) is 4.46. The summed E-state index contributed by atoms with van der Waals surface area (Å²) < 4.78 is 12.5. The molecule has 0 saturated heterocycles. The minimum Gasteiger partial charge on any atom is -0.492 e. The van der Waals surface area contributed by atoms with E-state index in [4.69, 9.17) is 14.6 Å². The van der Waals surface area contributed by atoms with Crippen molar-refractivity contribution < 1.29 is 24.2 Å². The number of benzene rings is 1. The standard InChI is InChI=1S/C19H19NO5/c1-11-14(10-25-13-6-4-12(9-21)5-7-13)20(2)18-15(22)8-16(24-3)19(23)17(11)18/h4-8,21H,9-10H2,1-3H3. The summed E-state index contributed by atoms with van der Waals surface area (Å²) in [4.78, 5) is 24.8. The second-order valence-electron chi connectivity index (χ2n) is 5.85. The molecule has 0 fully saturated rings. The SMILES string of the molecule is COC1=CC(=O)c2c(c(C)c(COc3ccc(CO)cc3)n2C)C1=O. The highest BCUT2D eigenvalue weighted by atomic mass is 16.5. The molecule has 1 aromatic carbocycles. The average molecular weight is 341 g/mol. The molecule has 0 unspecified atom stereocenters. The highest BCUT2D eigenvalue weighted by Crippen LogP contribution is 2.30. The van der Waals surface area contributed by atoms with Gasteiger partial charge in [0.05, 0.1) is 25.0 Å². The third-order valence-corrected chi connectivity index (χ3v) is 4.43. The quantitative estimate of drug-likeness (QED) is 0.903. The minimum absolute atomic E-state index is 0.0248. The van der Waals surface area contributed by atoms with E-state index in [1.165, 1.54) is 13.2 Å². The van der Waals surface area contributed by atoms with Crippen LogP contribution >= 0.6 is 0 Å². The number of aromatic nitrogens is 1. The zero-order valence-electron chi connectivity index (χ0n) is 14.3. The van der Waals surface area contributed by atoms with E-state index in [-0.39, 0.29) is 30.5 Å². The van der Waals surface area contributed by atoms with Crippen molar-refractivity contribution >= 4 is 11.6 Å². The number of allylic oxidation sites excluding steroid dienone is 2. The number of aliphatic hydroxyl groups excluding tert-OH is 1. The Balaban J connectivity index is 1.90. The van der Waals surface area contributed by atoms with E-state index < -0.39 is 0 Å². The summed E-state index contributed by atoms with van der Waals surface area (Å²) in [5.41, 5.74) is 3.00. The van der Waals surface area contributed by atoms with Gasteiger partial charge in [-0.05, 0) is 30.2 Å². The summed E-state index contributed by atoms with van der Waals surface area (Å²) >= 11 is 0. The molecular formula is C19H19NO5. The van der Waals surface area contributed by atoms with Crippen LogP contribution < -0.4 is 4.74 Å². The highest BCUT2D eigenvalue weighted by Gasteiger charge is 2.33. The molecule has 0 saturated carbocycles. The monoisotopic (exact) mass is 341 g/mol. The Morgan fingerprint density at radius 2 is 1.84 bits per heavy atom. The van der Waals surface area contributed by atoms with Gasteiger partial charge in [-0.2, -0.15) is 0 Å². The third kappa shape index (κ3) is 2.85. The van der Waals surface area contributed by atoms with Gasteiger partial charge in [0.25, 0.3) is 0 Å². The molecular weight excluding hydrogens is 322 g/mol. The maximum atomic E-state index is 12.5. The van der Waals surface area contributed by atoms with Crippen molar-refractivity contribution in [3.05, 3.63) is 64.2 Å². The summed E-state index contributed by atoms with van der Waals surface area (Å²) in [5.74, 6) is 0.154. The van der Waals surface area contributed by atoms with Crippen LogP contribution in [0.4, 0.5) is 0 Å². The van der Waals surface area contributed by atoms with E-state index >= 15 is 0 Å². The largest absolute Gasteiger partial charge is 0.492 e. The number of aliphatic hydroxyl groups is 1. The molecule has 0 bridgehead atoms. The first-order valence-electron chi connectivity index (χ1n) is 7.83. The van der Waals surface area contributed by atoms with E-state index in [0.717, 1.165) is 11.3 Å². The van der Waals surface area contributed by atoms with Crippen molar-refractivity contribution in [1.82, 2.24) is 4.57 Å². The molecule has 1 aliphatic rings. The van der Waals surface area contributed by atoms with Crippen molar-refractivity contribution in [3.63, 3.8) is 0 Å². The lowest BCUT2D eigenvalue weighted by molar-refractivity contribution is 0.0913. The normalized spacial score (nSPS) is 13.5. The van der Waals surface area contributed by atoms with Crippen LogP contribution in [0.2, 0.25) is 0 Å². The molecule has 0 aliphatic heterocycles. The van der Waals surface area contributed by atoms with Crippen molar-refractivity contribution in [3.8, 4) is 5.75 Å². The van der Waals surface area contributed by atoms with Crippen molar-refractivity contribution in [2.24, 2.45) is 7.05 Å². The first-order chi connectivity index (χ1) is 12.0. The molecule has 1 aliphatic carbocycles. The van der Waals surface area contributed by atoms with E-state index in [2.05, 4.69) is 0 Å². The fraction of sp³-hybridized carbons (Fsp3) is 0.263. The van der Waals surface area contributed by atoms with Gasteiger partial charge in [0.2, 0.25) is 11.6 Å². The average Bonchev–Trinajstić information content (AvgIpc) is 2.88. The van der Waals surface area contributed by atoms with Gasteiger partial charge in [0, 0.05) is 13.1 Å². The van der Waals surface area contributed by atoms with Crippen LogP contribution in [0.1, 0.15) is 37.7 Å². The lowest BCUT2D eigenvalue weighted by Gasteiger charge is -2.12. The topological polar surface area (TPSA) is 77.8 Å². The molecule has 1 heterocycles. The number of hydrogen-bond donors (Lipinski definition) is 1. The summed E-state index contributed by atoms with van der Waals surface area (Å²) in [5, 5.41) is 9.07. The maximum Gasteiger partial charge on any atom is 0.230 e. The van der Waals surface area contributed by atoms with Crippen molar-refractivity contribution in [2.75, 3.05) is 7.11 Å². The summed E-state index contributed by atoms with van der Waals surface area (Å²) in [6.45, 7) is 2.00. The number of hydrogen-bond acceptors (Lipinski definition) is 5. The number of carbonyl (C=O) groups excluding carboxylic acids is 2. The molecule has 0 radical (unpaired) electrons. The van der Waals surface area contributed by atoms with Gasteiger partial charge in [-0.3, -0.25) is 9.59 Å². The molecule has 1 N–H and O–H groups in total. The van der Waals surface area contributed by atoms with Crippen LogP contribution in [0.5, 0.6) is 5.75 Å². The maximum absolute atomic E-state index is 12.5. The Hall–Kier alpha value is -2.86. The predicted molar refractivity (Wildman–Crippen MR) is 90.6 cm³/mol. The number of methoxy groups -OCH3 is 1. The fourth-order valence-electron chi connectivity index (χ4n) is 3.02. The zero-order chi connectivity index (χ0) is 18.1. The molecule has 1 aromatic heterocycles. The first kappa shape index (κ1) is 17.0. The molecule has 25 heavy (non-hydrogen) atoms. The smallest absolute Gasteiger partial charge is 0.230 e. The van der Waals surface area contributed by atoms with Crippen molar-refractivity contribution in [1.29, 1.82) is 0 Å². The van der Waals surface area contributed by atoms with Gasteiger partial charge >= 0.3 is 0 Å². The molecule has 0 spiro atoms. The van der Waals surface area contributed by atoms with Crippen LogP contribution in [-0.2, 0) is 25.0 Å². The van der Waals surface area contributed by atoms with Gasteiger partial charge in [-0.1, -0.05) is 12.1 Å². The fourth-order valence-corrected chi connectivity index (χ4v) is 3.02. The van der Waals surface area contributed by atoms with Gasteiger partial charge < -0.3 is 19.1 Å². The van der Waals surface area contributed by atoms with Crippen molar-refractivity contribution in [2.45, 2.75) is 20.1 Å². The van der Waals surface area contributed by atoms with Gasteiger partial charge in [0.1, 0.15) is 18.1 Å². The minimum atomic E-state index is -0.288. The van der Waals surface area contributed by atoms with Gasteiger partial charge in [0.15, 0.2) is 5.76 Å². The molecule has 0 amide bonds. The van der Waals surface area contributed by atoms with Crippen LogP contribution in [0.15, 0.2) is 36.1 Å². The van der Waals surface area contributed by atoms with E-state index in [1.54, 1.807) is 42.8 Å². The number of Topliss-reactive ketones (excluding diaryl/α,β-unsaturated/α-hetero) is 1. The number of nitrogens with zero attached hydrogens (tertiary/aromatic N) is 1. The lowest BCUT2D eigenvalue weighted by atomic mass is 9.97. The Morgan fingerprint density at radius 1 is 1.16 bits per heavy atom. The number of carbonyl (C=O) groups is 2. The zero-order valence-corrected chi connectivity index (χ0v) is 14.3. The van der Waals surface area contributed by atoms with E-state index in [9.17, 15) is 9.59 Å². The van der Waals surface area contributed by atoms with E-state index in [1.807, 2.05) is 0 Å². The second-order valence-corrected chi connectivity index (χ2v) is 5.85. The third-order valence-electron chi connectivity index (χ3n) is 4.43. The number of rotatable bonds is 5. The summed E-state index contributed by atoms with van der Waals surface area (Å²) in [6, 6.07) is 7.09. The molecule has 0 atom stereocenters. The number of ketones is 2. The molecule has 130 valence electrons. The Labute approximate surface area is 145 Å². The Morgan fingerprint density at radius 3 is 2.44 bits per heavy atom. The second kappa shape index (κ2) is 6.57. The molecule has 3 rings (SSSR count). The van der Waals surface area contributed by atoms with Crippen LogP contribution in [0, 0.1) is 6.92 Å². The summed E-state index contributed by atoms with van der Waals surface area (Å²) in [7, 11) is 3.12. The molecule has 6 nitrogen and oxygen atoms in total. The van der Waals surface area contributed by atoms with Crippen LogP contribution in [-0.4, -0.2) is 28.3 Å². The number of ether oxygens (including phenoxy) is 2. The van der Waals surface area contributed by atoms with Crippen LogP contribution in [0.3, 0.4) is 0 Å². The summed E-state index contributed by atoms with van der Waals surface area (Å²) in [6.07, 6.45) is 1.22. The molecule has 2 aromatic rings. The lowest BCUT2D eigenvalue weighted by Crippen LogP contribution is -2.19. The van der Waals surface area contributed by atoms with Gasteiger partial charge in [-0.25, -0.2) is 0 Å². The van der Waals surface area contributed by atoms with Crippen LogP contribution in [0.25, 0.3) is 0 Å².